The van der Waals surface area contributed by atoms with Gasteiger partial charge in [-0.15, -0.1) is 0 Å². The van der Waals surface area contributed by atoms with Gasteiger partial charge in [-0.1, -0.05) is 26.8 Å². The van der Waals surface area contributed by atoms with Crippen LogP contribution in [0.25, 0.3) is 0 Å². The zero-order valence-corrected chi connectivity index (χ0v) is 13.1. The summed E-state index contributed by atoms with van der Waals surface area (Å²) in [6, 6.07) is 5.76. The molecule has 0 aromatic carbocycles. The van der Waals surface area contributed by atoms with E-state index in [2.05, 4.69) is 25.8 Å². The first-order valence-corrected chi connectivity index (χ1v) is 7.26. The molecule has 0 aliphatic heterocycles. The zero-order chi connectivity index (χ0) is 15.2. The fourth-order valence-corrected chi connectivity index (χ4v) is 2.30. The highest BCUT2D eigenvalue weighted by Crippen LogP contribution is 2.25. The number of pyridine rings is 1. The van der Waals surface area contributed by atoms with E-state index >= 15 is 0 Å². The highest BCUT2D eigenvalue weighted by Gasteiger charge is 2.27. The highest BCUT2D eigenvalue weighted by atomic mass is 16.2. The Labute approximate surface area is 122 Å². The van der Waals surface area contributed by atoms with E-state index in [1.54, 1.807) is 6.20 Å². The van der Waals surface area contributed by atoms with Gasteiger partial charge in [0.1, 0.15) is 0 Å². The molecule has 0 saturated heterocycles. The van der Waals surface area contributed by atoms with Crippen LogP contribution in [0.3, 0.4) is 0 Å². The SMILES string of the molecule is CCN(Cc1ccccn1)C(=O)C(CN)CC(C)(C)C. The molecule has 2 N–H and O–H groups in total. The van der Waals surface area contributed by atoms with Gasteiger partial charge >= 0.3 is 0 Å². The maximum atomic E-state index is 12.6. The molecule has 1 aromatic heterocycles. The third-order valence-corrected chi connectivity index (χ3v) is 3.26. The van der Waals surface area contributed by atoms with Crippen molar-refractivity contribution in [2.75, 3.05) is 13.1 Å². The molecular formula is C16H27N3O. The van der Waals surface area contributed by atoms with E-state index in [4.69, 9.17) is 5.73 Å². The molecule has 1 unspecified atom stereocenters. The van der Waals surface area contributed by atoms with Gasteiger partial charge in [-0.2, -0.15) is 0 Å². The third-order valence-electron chi connectivity index (χ3n) is 3.26. The van der Waals surface area contributed by atoms with Crippen LogP contribution in [0.15, 0.2) is 24.4 Å². The summed E-state index contributed by atoms with van der Waals surface area (Å²) in [5.74, 6) is 0.0224. The molecule has 0 bridgehead atoms. The number of hydrogen-bond acceptors (Lipinski definition) is 3. The molecule has 112 valence electrons. The summed E-state index contributed by atoms with van der Waals surface area (Å²) in [7, 11) is 0. The number of nitrogens with zero attached hydrogens (tertiary/aromatic N) is 2. The molecule has 1 amide bonds. The first-order valence-electron chi connectivity index (χ1n) is 7.26. The summed E-state index contributed by atoms with van der Waals surface area (Å²) in [5.41, 5.74) is 6.82. The van der Waals surface area contributed by atoms with Crippen molar-refractivity contribution >= 4 is 5.91 Å². The van der Waals surface area contributed by atoms with Gasteiger partial charge < -0.3 is 10.6 Å². The van der Waals surface area contributed by atoms with Crippen molar-refractivity contribution in [1.29, 1.82) is 0 Å². The number of carbonyl (C=O) groups is 1. The lowest BCUT2D eigenvalue weighted by atomic mass is 9.84. The van der Waals surface area contributed by atoms with Gasteiger partial charge in [0, 0.05) is 19.3 Å². The molecule has 0 fully saturated rings. The molecular weight excluding hydrogens is 250 g/mol. The van der Waals surface area contributed by atoms with Gasteiger partial charge in [-0.25, -0.2) is 0 Å². The lowest BCUT2D eigenvalue weighted by molar-refractivity contribution is -0.136. The van der Waals surface area contributed by atoms with Gasteiger partial charge in [0.05, 0.1) is 18.2 Å². The van der Waals surface area contributed by atoms with Crippen LogP contribution in [0.2, 0.25) is 0 Å². The Morgan fingerprint density at radius 2 is 2.10 bits per heavy atom. The molecule has 1 atom stereocenters. The number of hydrogen-bond donors (Lipinski definition) is 1. The molecule has 20 heavy (non-hydrogen) atoms. The average molecular weight is 277 g/mol. The van der Waals surface area contributed by atoms with Crippen molar-refractivity contribution in [1.82, 2.24) is 9.88 Å². The van der Waals surface area contributed by atoms with E-state index in [9.17, 15) is 4.79 Å². The number of carbonyl (C=O) groups excluding carboxylic acids is 1. The third kappa shape index (κ3) is 5.29. The number of nitrogens with two attached hydrogens (primary N) is 1. The van der Waals surface area contributed by atoms with Crippen LogP contribution in [0.1, 0.15) is 39.8 Å². The van der Waals surface area contributed by atoms with Crippen LogP contribution < -0.4 is 5.73 Å². The van der Waals surface area contributed by atoms with Crippen LogP contribution >= 0.6 is 0 Å². The number of aromatic nitrogens is 1. The Morgan fingerprint density at radius 1 is 1.40 bits per heavy atom. The average Bonchev–Trinajstić information content (AvgIpc) is 2.41. The van der Waals surface area contributed by atoms with Crippen LogP contribution in [0.4, 0.5) is 0 Å². The normalized spacial score (nSPS) is 13.1. The topological polar surface area (TPSA) is 59.2 Å². The van der Waals surface area contributed by atoms with Crippen molar-refractivity contribution in [3.8, 4) is 0 Å². The summed E-state index contributed by atoms with van der Waals surface area (Å²) >= 11 is 0. The minimum absolute atomic E-state index is 0.101. The minimum atomic E-state index is -0.112. The zero-order valence-electron chi connectivity index (χ0n) is 13.1. The minimum Gasteiger partial charge on any atom is -0.337 e. The van der Waals surface area contributed by atoms with Crippen molar-refractivity contribution < 1.29 is 4.79 Å². The highest BCUT2D eigenvalue weighted by molar-refractivity contribution is 5.79. The molecule has 1 rings (SSSR count). The Kier molecular flexibility index (Phi) is 6.14. The number of rotatable bonds is 6. The van der Waals surface area contributed by atoms with Gasteiger partial charge in [0.25, 0.3) is 0 Å². The summed E-state index contributed by atoms with van der Waals surface area (Å²) in [4.78, 5) is 18.7. The van der Waals surface area contributed by atoms with E-state index < -0.39 is 0 Å². The van der Waals surface area contributed by atoms with Crippen LogP contribution in [-0.2, 0) is 11.3 Å². The van der Waals surface area contributed by atoms with Crippen LogP contribution in [0.5, 0.6) is 0 Å². The Bertz CT molecular complexity index is 411. The maximum absolute atomic E-state index is 12.6. The molecule has 0 radical (unpaired) electrons. The quantitative estimate of drug-likeness (QED) is 0.869. The molecule has 0 spiro atoms. The van der Waals surface area contributed by atoms with Crippen LogP contribution in [0, 0.1) is 11.3 Å². The summed E-state index contributed by atoms with van der Waals surface area (Å²) in [5, 5.41) is 0. The molecule has 1 heterocycles. The molecule has 0 aliphatic carbocycles. The van der Waals surface area contributed by atoms with E-state index in [1.165, 1.54) is 0 Å². The van der Waals surface area contributed by atoms with E-state index in [0.29, 0.717) is 19.6 Å². The van der Waals surface area contributed by atoms with Crippen molar-refractivity contribution in [2.45, 2.75) is 40.7 Å². The lowest BCUT2D eigenvalue weighted by Gasteiger charge is -2.29. The van der Waals surface area contributed by atoms with Crippen LogP contribution in [-0.4, -0.2) is 28.9 Å². The van der Waals surface area contributed by atoms with Gasteiger partial charge in [0.15, 0.2) is 0 Å². The molecule has 4 nitrogen and oxygen atoms in total. The predicted molar refractivity (Wildman–Crippen MR) is 81.9 cm³/mol. The standard InChI is InChI=1S/C16H27N3O/c1-5-19(12-14-8-6-7-9-18-14)15(20)13(11-17)10-16(2,3)4/h6-9,13H,5,10-12,17H2,1-4H3. The molecule has 0 saturated carbocycles. The smallest absolute Gasteiger partial charge is 0.227 e. The van der Waals surface area contributed by atoms with Gasteiger partial charge in [-0.05, 0) is 30.9 Å². The second-order valence-corrected chi connectivity index (χ2v) is 6.37. The Hall–Kier alpha value is -1.42. The summed E-state index contributed by atoms with van der Waals surface area (Å²) < 4.78 is 0. The fourth-order valence-electron chi connectivity index (χ4n) is 2.30. The summed E-state index contributed by atoms with van der Waals surface area (Å²) in [6.45, 7) is 10.0. The Balaban J connectivity index is 2.74. The van der Waals surface area contributed by atoms with E-state index in [-0.39, 0.29) is 17.2 Å². The molecule has 4 heteroatoms. The summed E-state index contributed by atoms with van der Waals surface area (Å²) in [6.07, 6.45) is 2.56. The Morgan fingerprint density at radius 3 is 2.55 bits per heavy atom. The van der Waals surface area contributed by atoms with Gasteiger partial charge in [-0.3, -0.25) is 9.78 Å². The lowest BCUT2D eigenvalue weighted by Crippen LogP contribution is -2.40. The molecule has 1 aromatic rings. The maximum Gasteiger partial charge on any atom is 0.227 e. The number of amides is 1. The largest absolute Gasteiger partial charge is 0.337 e. The first-order chi connectivity index (χ1) is 9.37. The fraction of sp³-hybridized carbons (Fsp3) is 0.625. The van der Waals surface area contributed by atoms with E-state index in [0.717, 1.165) is 12.1 Å². The van der Waals surface area contributed by atoms with Crippen molar-refractivity contribution in [2.24, 2.45) is 17.1 Å². The molecule has 0 aliphatic rings. The van der Waals surface area contributed by atoms with Gasteiger partial charge in [0.2, 0.25) is 5.91 Å². The second kappa shape index (κ2) is 7.39. The predicted octanol–water partition coefficient (Wildman–Crippen LogP) is 2.44. The van der Waals surface area contributed by atoms with Crippen molar-refractivity contribution in [3.63, 3.8) is 0 Å². The monoisotopic (exact) mass is 277 g/mol. The van der Waals surface area contributed by atoms with Crippen molar-refractivity contribution in [3.05, 3.63) is 30.1 Å². The first kappa shape index (κ1) is 16.6. The van der Waals surface area contributed by atoms with E-state index in [1.807, 2.05) is 30.0 Å². The second-order valence-electron chi connectivity index (χ2n) is 6.37.